The molecule has 0 bridgehead atoms. The van der Waals surface area contributed by atoms with Crippen LogP contribution in [0, 0.1) is 11.8 Å². The first-order chi connectivity index (χ1) is 12.3. The quantitative estimate of drug-likeness (QED) is 0.273. The van der Waals surface area contributed by atoms with E-state index in [2.05, 4.69) is 48.0 Å². The van der Waals surface area contributed by atoms with Crippen molar-refractivity contribution in [2.45, 2.75) is 52.4 Å². The third-order valence-corrected chi connectivity index (χ3v) is 3.75. The zero-order valence-corrected chi connectivity index (χ0v) is 15.7. The number of nitrogens with zero attached hydrogens (tertiary/aromatic N) is 1. The number of hydrogen-bond donors (Lipinski definition) is 1. The highest BCUT2D eigenvalue weighted by atomic mass is 16.2. The molecule has 0 amide bonds. The maximum atomic E-state index is 8.94. The van der Waals surface area contributed by atoms with E-state index in [0.29, 0.717) is 6.54 Å². The smallest absolute Gasteiger partial charge is 0.0499 e. The highest BCUT2D eigenvalue weighted by Gasteiger charge is 1.93. The molecule has 0 aromatic heterocycles. The zero-order valence-electron chi connectivity index (χ0n) is 15.7. The number of aliphatic hydroxyl groups excluding tert-OH is 1. The predicted octanol–water partition coefficient (Wildman–Crippen LogP) is 5.12. The number of rotatable bonds is 10. The van der Waals surface area contributed by atoms with Crippen molar-refractivity contribution in [2.24, 2.45) is 4.99 Å². The van der Waals surface area contributed by atoms with E-state index in [1.165, 1.54) is 18.4 Å². The number of aryl methyl sites for hydroxylation is 1. The SMILES string of the molecule is C\C=C/C=C(\C=N\CCC#Cc1ccc(CCCC)cc1)CCCO. The van der Waals surface area contributed by atoms with Gasteiger partial charge in [-0.05, 0) is 55.9 Å². The minimum atomic E-state index is 0.212. The van der Waals surface area contributed by atoms with Crippen LogP contribution in [0.15, 0.2) is 53.1 Å². The van der Waals surface area contributed by atoms with Crippen LogP contribution in [0.3, 0.4) is 0 Å². The van der Waals surface area contributed by atoms with Crippen LogP contribution in [0.4, 0.5) is 0 Å². The molecule has 134 valence electrons. The van der Waals surface area contributed by atoms with Crippen LogP contribution in [-0.4, -0.2) is 24.5 Å². The lowest BCUT2D eigenvalue weighted by Gasteiger charge is -1.99. The number of aliphatic imine (C=N–C) groups is 1. The van der Waals surface area contributed by atoms with Crippen LogP contribution in [0.5, 0.6) is 0 Å². The monoisotopic (exact) mass is 337 g/mol. The zero-order chi connectivity index (χ0) is 18.2. The van der Waals surface area contributed by atoms with Gasteiger partial charge in [-0.2, -0.15) is 0 Å². The Labute approximate surface area is 153 Å². The molecule has 0 aliphatic heterocycles. The summed E-state index contributed by atoms with van der Waals surface area (Å²) in [6.45, 7) is 5.12. The molecular formula is C23H31NO. The first kappa shape index (κ1) is 20.9. The maximum Gasteiger partial charge on any atom is 0.0499 e. The average Bonchev–Trinajstić information content (AvgIpc) is 2.65. The molecule has 0 atom stereocenters. The van der Waals surface area contributed by atoms with Gasteiger partial charge in [0, 0.05) is 31.4 Å². The fourth-order valence-corrected chi connectivity index (χ4v) is 2.30. The van der Waals surface area contributed by atoms with E-state index in [9.17, 15) is 0 Å². The Morgan fingerprint density at radius 1 is 1.20 bits per heavy atom. The first-order valence-corrected chi connectivity index (χ1v) is 9.30. The van der Waals surface area contributed by atoms with E-state index >= 15 is 0 Å². The van der Waals surface area contributed by atoms with E-state index in [4.69, 9.17) is 5.11 Å². The molecule has 1 aromatic carbocycles. The molecule has 1 aromatic rings. The minimum absolute atomic E-state index is 0.212. The molecule has 2 heteroatoms. The maximum absolute atomic E-state index is 8.94. The van der Waals surface area contributed by atoms with Crippen molar-refractivity contribution in [2.75, 3.05) is 13.2 Å². The second-order valence-corrected chi connectivity index (χ2v) is 5.98. The summed E-state index contributed by atoms with van der Waals surface area (Å²) in [6, 6.07) is 8.57. The molecule has 0 fully saturated rings. The Hall–Kier alpha value is -2.11. The molecule has 0 unspecified atom stereocenters. The van der Waals surface area contributed by atoms with Gasteiger partial charge in [0.05, 0.1) is 0 Å². The number of aliphatic hydroxyl groups is 1. The van der Waals surface area contributed by atoms with Crippen LogP contribution in [0.1, 0.15) is 57.1 Å². The summed E-state index contributed by atoms with van der Waals surface area (Å²) in [5.41, 5.74) is 3.60. The fourth-order valence-electron chi connectivity index (χ4n) is 2.30. The van der Waals surface area contributed by atoms with Gasteiger partial charge in [-0.1, -0.05) is 55.5 Å². The van der Waals surface area contributed by atoms with E-state index in [0.717, 1.165) is 36.8 Å². The Morgan fingerprint density at radius 3 is 2.68 bits per heavy atom. The summed E-state index contributed by atoms with van der Waals surface area (Å²) in [5.74, 6) is 6.39. The summed E-state index contributed by atoms with van der Waals surface area (Å²) in [4.78, 5) is 4.45. The largest absolute Gasteiger partial charge is 0.396 e. The van der Waals surface area contributed by atoms with Crippen LogP contribution < -0.4 is 0 Å². The van der Waals surface area contributed by atoms with Crippen molar-refractivity contribution in [3.8, 4) is 11.8 Å². The van der Waals surface area contributed by atoms with Crippen LogP contribution in [0.2, 0.25) is 0 Å². The lowest BCUT2D eigenvalue weighted by molar-refractivity contribution is 0.289. The van der Waals surface area contributed by atoms with Crippen molar-refractivity contribution < 1.29 is 5.11 Å². The highest BCUT2D eigenvalue weighted by molar-refractivity contribution is 5.78. The van der Waals surface area contributed by atoms with Crippen molar-refractivity contribution >= 4 is 6.21 Å². The first-order valence-electron chi connectivity index (χ1n) is 9.30. The molecule has 1 rings (SSSR count). The molecule has 0 aliphatic carbocycles. The molecule has 2 nitrogen and oxygen atoms in total. The molecule has 0 aliphatic rings. The van der Waals surface area contributed by atoms with Gasteiger partial charge in [-0.25, -0.2) is 0 Å². The van der Waals surface area contributed by atoms with Gasteiger partial charge in [0.15, 0.2) is 0 Å². The molecule has 0 heterocycles. The standard InChI is InChI=1S/C23H31NO/c1-3-5-10-21-14-16-22(17-15-21)12-7-8-18-24-20-23(11-6-4-2)13-9-19-25/h4,6,11,14-17,20,25H,3,5,8-10,13,18-19H2,1-2H3/b6-4-,23-11-,24-20+. The molecule has 1 N–H and O–H groups in total. The summed E-state index contributed by atoms with van der Waals surface area (Å²) < 4.78 is 0. The fraction of sp³-hybridized carbons (Fsp3) is 0.435. The van der Waals surface area contributed by atoms with Gasteiger partial charge in [0.2, 0.25) is 0 Å². The molecule has 0 radical (unpaired) electrons. The van der Waals surface area contributed by atoms with Crippen molar-refractivity contribution in [3.05, 3.63) is 59.2 Å². The van der Waals surface area contributed by atoms with Crippen LogP contribution in [-0.2, 0) is 6.42 Å². The van der Waals surface area contributed by atoms with Crippen LogP contribution in [0.25, 0.3) is 0 Å². The van der Waals surface area contributed by atoms with E-state index < -0.39 is 0 Å². The molecule has 0 saturated carbocycles. The summed E-state index contributed by atoms with van der Waals surface area (Å²) in [5, 5.41) is 8.94. The minimum Gasteiger partial charge on any atom is -0.396 e. The van der Waals surface area contributed by atoms with Gasteiger partial charge in [0.1, 0.15) is 0 Å². The molecule has 0 saturated heterocycles. The van der Waals surface area contributed by atoms with Gasteiger partial charge in [-0.15, -0.1) is 0 Å². The second kappa shape index (κ2) is 14.3. The molecular weight excluding hydrogens is 306 g/mol. The van der Waals surface area contributed by atoms with Gasteiger partial charge < -0.3 is 5.11 Å². The average molecular weight is 338 g/mol. The van der Waals surface area contributed by atoms with E-state index in [1.54, 1.807) is 0 Å². The normalized spacial score (nSPS) is 11.9. The van der Waals surface area contributed by atoms with Crippen molar-refractivity contribution in [1.82, 2.24) is 0 Å². The van der Waals surface area contributed by atoms with Crippen molar-refractivity contribution in [3.63, 3.8) is 0 Å². The number of benzene rings is 1. The number of allylic oxidation sites excluding steroid dienone is 4. The lowest BCUT2D eigenvalue weighted by Crippen LogP contribution is -1.90. The lowest BCUT2D eigenvalue weighted by atomic mass is 10.1. The van der Waals surface area contributed by atoms with Gasteiger partial charge >= 0.3 is 0 Å². The summed E-state index contributed by atoms with van der Waals surface area (Å²) in [7, 11) is 0. The van der Waals surface area contributed by atoms with Crippen LogP contribution >= 0.6 is 0 Å². The second-order valence-electron chi connectivity index (χ2n) is 5.98. The third kappa shape index (κ3) is 10.4. The van der Waals surface area contributed by atoms with E-state index in [-0.39, 0.29) is 6.61 Å². The number of unbranched alkanes of at least 4 members (excludes halogenated alkanes) is 1. The van der Waals surface area contributed by atoms with Gasteiger partial charge in [0.25, 0.3) is 0 Å². The Morgan fingerprint density at radius 2 is 2.00 bits per heavy atom. The topological polar surface area (TPSA) is 32.6 Å². The predicted molar refractivity (Wildman–Crippen MR) is 109 cm³/mol. The Bertz CT molecular complexity index is 612. The Kier molecular flexibility index (Phi) is 11.9. The molecule has 25 heavy (non-hydrogen) atoms. The third-order valence-electron chi connectivity index (χ3n) is 3.75. The van der Waals surface area contributed by atoms with Gasteiger partial charge in [-0.3, -0.25) is 4.99 Å². The summed E-state index contributed by atoms with van der Waals surface area (Å²) >= 11 is 0. The van der Waals surface area contributed by atoms with Crippen molar-refractivity contribution in [1.29, 1.82) is 0 Å². The molecule has 0 spiro atoms. The number of hydrogen-bond acceptors (Lipinski definition) is 2. The highest BCUT2D eigenvalue weighted by Crippen LogP contribution is 2.07. The van der Waals surface area contributed by atoms with E-state index in [1.807, 2.05) is 31.4 Å². The Balaban J connectivity index is 2.42. The summed E-state index contributed by atoms with van der Waals surface area (Å²) in [6.07, 6.45) is 13.9.